The number of rotatable bonds is 2. The summed E-state index contributed by atoms with van der Waals surface area (Å²) in [6.45, 7) is 0. The first kappa shape index (κ1) is 9.92. The Morgan fingerprint density at radius 2 is 2.33 bits per heavy atom. The van der Waals surface area contributed by atoms with Gasteiger partial charge in [-0.15, -0.1) is 0 Å². The molecule has 2 atom stereocenters. The van der Waals surface area contributed by atoms with E-state index in [0.717, 1.165) is 0 Å². The lowest BCUT2D eigenvalue weighted by atomic mass is 9.70. The minimum Gasteiger partial charge on any atom is -0.426 e. The Morgan fingerprint density at radius 3 is 2.75 bits per heavy atom. The van der Waals surface area contributed by atoms with Gasteiger partial charge in [0.05, 0.1) is 0 Å². The molecule has 6 heteroatoms. The van der Waals surface area contributed by atoms with E-state index in [9.17, 15) is 0 Å². The maximum atomic E-state index is 9.04. The van der Waals surface area contributed by atoms with Gasteiger partial charge < -0.3 is 14.8 Å². The molecule has 12 heavy (non-hydrogen) atoms. The van der Waals surface area contributed by atoms with E-state index in [2.05, 4.69) is 20.9 Å². The molecule has 2 N–H and O–H groups in total. The molecule has 2 unspecified atom stereocenters. The molecule has 0 spiro atoms. The minimum absolute atomic E-state index is 0.609. The van der Waals surface area contributed by atoms with Crippen molar-refractivity contribution in [3.63, 3.8) is 0 Å². The van der Waals surface area contributed by atoms with Crippen LogP contribution in [0.2, 0.25) is 0 Å². The molecule has 1 aliphatic rings. The van der Waals surface area contributed by atoms with E-state index >= 15 is 0 Å². The molecular weight excluding hydrogens is 225 g/mol. The molecule has 1 heterocycles. The van der Waals surface area contributed by atoms with Crippen LogP contribution in [0.25, 0.3) is 0 Å². The first-order valence-corrected chi connectivity index (χ1v) is 4.19. The van der Waals surface area contributed by atoms with E-state index in [0.29, 0.717) is 0 Å². The van der Waals surface area contributed by atoms with Crippen LogP contribution in [0, 0.1) is 0 Å². The van der Waals surface area contributed by atoms with Gasteiger partial charge in [-0.3, -0.25) is 4.99 Å². The zero-order valence-electron chi connectivity index (χ0n) is 6.51. The predicted molar refractivity (Wildman–Crippen MR) is 50.3 cm³/mol. The number of hydrogen-bond acceptors (Lipinski definition) is 4. The maximum absolute atomic E-state index is 9.04. The number of hydrogen-bond donors (Lipinski definition) is 2. The first-order chi connectivity index (χ1) is 5.61. The Morgan fingerprint density at radius 1 is 1.67 bits per heavy atom. The predicted octanol–water partition coefficient (Wildman–Crippen LogP) is -0.255. The fourth-order valence-electron chi connectivity index (χ4n) is 0.970. The average molecular weight is 234 g/mol. The first-order valence-electron chi connectivity index (χ1n) is 3.40. The van der Waals surface area contributed by atoms with Crippen LogP contribution in [0.3, 0.4) is 0 Å². The van der Waals surface area contributed by atoms with Crippen molar-refractivity contribution in [1.82, 2.24) is 0 Å². The van der Waals surface area contributed by atoms with Crippen LogP contribution in [0.4, 0.5) is 0 Å². The van der Waals surface area contributed by atoms with E-state index in [1.807, 2.05) is 0 Å². The summed E-state index contributed by atoms with van der Waals surface area (Å²) in [6.07, 6.45) is 4.17. The molecule has 0 aromatic rings. The fraction of sp³-hybridized carbons (Fsp3) is 0.500. The monoisotopic (exact) mass is 233 g/mol. The number of aliphatic imine (C=N–C) groups is 1. The Labute approximate surface area is 79.2 Å². The molecule has 0 saturated carbocycles. The Bertz CT molecular complexity index is 221. The highest BCUT2D eigenvalue weighted by Crippen LogP contribution is 2.30. The van der Waals surface area contributed by atoms with Crippen molar-refractivity contribution in [2.45, 2.75) is 10.5 Å². The lowest BCUT2D eigenvalue weighted by Gasteiger charge is -2.29. The highest BCUT2D eigenvalue weighted by molar-refractivity contribution is 9.10. The molecule has 0 fully saturated rings. The summed E-state index contributed by atoms with van der Waals surface area (Å²) < 4.78 is 3.92. The van der Waals surface area contributed by atoms with E-state index in [4.69, 9.17) is 14.8 Å². The van der Waals surface area contributed by atoms with Crippen LogP contribution in [0.5, 0.6) is 0 Å². The van der Waals surface area contributed by atoms with Crippen molar-refractivity contribution in [2.24, 2.45) is 4.99 Å². The molecule has 0 aromatic heterocycles. The second-order valence-electron chi connectivity index (χ2n) is 2.45. The summed E-state index contributed by atoms with van der Waals surface area (Å²) in [5.41, 5.74) is 0. The van der Waals surface area contributed by atoms with Gasteiger partial charge in [-0.25, -0.2) is 0 Å². The van der Waals surface area contributed by atoms with Crippen molar-refractivity contribution >= 4 is 29.3 Å². The summed E-state index contributed by atoms with van der Waals surface area (Å²) in [5, 5.41) is 18.1. The normalized spacial score (nSPS) is 33.8. The van der Waals surface area contributed by atoms with Crippen LogP contribution in [-0.4, -0.2) is 40.9 Å². The molecule has 0 bridgehead atoms. The van der Waals surface area contributed by atoms with Gasteiger partial charge in [0, 0.05) is 13.3 Å². The Hall–Kier alpha value is -0.165. The topological polar surface area (TPSA) is 62.0 Å². The van der Waals surface area contributed by atoms with E-state index < -0.39 is 17.6 Å². The maximum Gasteiger partial charge on any atom is 0.478 e. The summed E-state index contributed by atoms with van der Waals surface area (Å²) in [6, 6.07) is 0. The molecule has 0 aliphatic carbocycles. The van der Waals surface area contributed by atoms with Crippen molar-refractivity contribution in [1.29, 1.82) is 0 Å². The summed E-state index contributed by atoms with van der Waals surface area (Å²) >= 11 is 3.16. The summed E-state index contributed by atoms with van der Waals surface area (Å²) in [7, 11) is -0.0873. The number of methoxy groups -OCH3 is 1. The van der Waals surface area contributed by atoms with Gasteiger partial charge in [0.1, 0.15) is 4.22 Å². The molecule has 66 valence electrons. The van der Waals surface area contributed by atoms with Gasteiger partial charge in [-0.1, -0.05) is 22.0 Å². The quantitative estimate of drug-likeness (QED) is 0.511. The number of allylic oxidation sites excluding steroid dienone is 1. The smallest absolute Gasteiger partial charge is 0.426 e. The molecule has 1 aliphatic heterocycles. The van der Waals surface area contributed by atoms with Gasteiger partial charge in [-0.2, -0.15) is 0 Å². The second kappa shape index (κ2) is 3.70. The second-order valence-corrected chi connectivity index (χ2v) is 3.82. The lowest BCUT2D eigenvalue weighted by Crippen LogP contribution is -2.50. The highest BCUT2D eigenvalue weighted by atomic mass is 79.9. The van der Waals surface area contributed by atoms with Gasteiger partial charge >= 0.3 is 7.12 Å². The standard InChI is InChI=1S/C6H9BBrNO3/c1-12-5-6(8,7(10)11)3-2-4-9-5/h2-5,10-11H,1H3. The van der Waals surface area contributed by atoms with Crippen LogP contribution in [-0.2, 0) is 4.74 Å². The summed E-state index contributed by atoms with van der Waals surface area (Å²) in [5.74, 6) is 0. The fourth-order valence-corrected chi connectivity index (χ4v) is 1.43. The van der Waals surface area contributed by atoms with Gasteiger partial charge in [-0.05, 0) is 6.08 Å². The number of nitrogens with zero attached hydrogens (tertiary/aromatic N) is 1. The van der Waals surface area contributed by atoms with E-state index in [1.54, 1.807) is 18.4 Å². The number of alkyl halides is 1. The lowest BCUT2D eigenvalue weighted by molar-refractivity contribution is 0.0999. The molecule has 0 radical (unpaired) electrons. The number of dihydropyridines is 1. The van der Waals surface area contributed by atoms with E-state index in [-0.39, 0.29) is 0 Å². The zero-order valence-corrected chi connectivity index (χ0v) is 8.10. The van der Waals surface area contributed by atoms with Crippen molar-refractivity contribution in [2.75, 3.05) is 7.11 Å². The Kier molecular flexibility index (Phi) is 3.06. The summed E-state index contributed by atoms with van der Waals surface area (Å²) in [4.78, 5) is 3.92. The molecule has 4 nitrogen and oxygen atoms in total. The largest absolute Gasteiger partial charge is 0.478 e. The zero-order chi connectivity index (χ0) is 9.19. The third-order valence-electron chi connectivity index (χ3n) is 1.66. The van der Waals surface area contributed by atoms with Crippen LogP contribution >= 0.6 is 15.9 Å². The van der Waals surface area contributed by atoms with Crippen molar-refractivity contribution in [3.8, 4) is 0 Å². The third-order valence-corrected chi connectivity index (χ3v) is 2.72. The molecule has 0 aromatic carbocycles. The van der Waals surface area contributed by atoms with Crippen molar-refractivity contribution in [3.05, 3.63) is 12.2 Å². The van der Waals surface area contributed by atoms with E-state index in [1.165, 1.54) is 7.11 Å². The number of ether oxygens (including phenoxy) is 1. The number of halogens is 1. The molecule has 1 rings (SSSR count). The average Bonchev–Trinajstić information content (AvgIpc) is 2.05. The highest BCUT2D eigenvalue weighted by Gasteiger charge is 2.46. The van der Waals surface area contributed by atoms with Crippen molar-refractivity contribution < 1.29 is 14.8 Å². The van der Waals surface area contributed by atoms with Gasteiger partial charge in [0.25, 0.3) is 0 Å². The molecule has 0 saturated heterocycles. The third kappa shape index (κ3) is 1.61. The van der Waals surface area contributed by atoms with Crippen LogP contribution in [0.1, 0.15) is 0 Å². The molecular formula is C6H9BBrNO3. The minimum atomic E-state index is -1.55. The van der Waals surface area contributed by atoms with Crippen LogP contribution in [0.15, 0.2) is 17.1 Å². The SMILES string of the molecule is COC1N=CC=CC1(Br)B(O)O. The van der Waals surface area contributed by atoms with Gasteiger partial charge in [0.2, 0.25) is 0 Å². The van der Waals surface area contributed by atoms with Gasteiger partial charge in [0.15, 0.2) is 6.23 Å². The Balaban J connectivity index is 2.86. The molecule has 0 amide bonds. The van der Waals surface area contributed by atoms with Crippen LogP contribution < -0.4 is 0 Å².